The van der Waals surface area contributed by atoms with Crippen molar-refractivity contribution in [2.24, 2.45) is 5.92 Å². The van der Waals surface area contributed by atoms with Gasteiger partial charge in [-0.15, -0.1) is 0 Å². The van der Waals surface area contributed by atoms with Crippen molar-refractivity contribution in [3.05, 3.63) is 61.2 Å². The Morgan fingerprint density at radius 3 is 2.75 bits per heavy atom. The van der Waals surface area contributed by atoms with Gasteiger partial charge in [-0.25, -0.2) is 4.98 Å². The summed E-state index contributed by atoms with van der Waals surface area (Å²) in [7, 11) is 4.03. The topological polar surface area (TPSA) is 41.4 Å². The highest BCUT2D eigenvalue weighted by Gasteiger charge is 2.17. The highest BCUT2D eigenvalue weighted by molar-refractivity contribution is 5.87. The van der Waals surface area contributed by atoms with Crippen molar-refractivity contribution < 1.29 is 4.79 Å². The zero-order valence-corrected chi connectivity index (χ0v) is 14.7. The first-order valence-corrected chi connectivity index (χ1v) is 8.13. The molecule has 0 bridgehead atoms. The Labute approximate surface area is 144 Å². The average molecular weight is 326 g/mol. The van der Waals surface area contributed by atoms with E-state index in [-0.39, 0.29) is 5.91 Å². The lowest BCUT2D eigenvalue weighted by Gasteiger charge is -2.27. The molecular weight excluding hydrogens is 300 g/mol. The molecule has 1 atom stereocenters. The summed E-state index contributed by atoms with van der Waals surface area (Å²) in [6, 6.07) is 8.16. The van der Waals surface area contributed by atoms with Gasteiger partial charge in [-0.1, -0.05) is 31.7 Å². The number of para-hydroxylation sites is 1. The third-order valence-corrected chi connectivity index (χ3v) is 3.93. The van der Waals surface area contributed by atoms with Crippen molar-refractivity contribution >= 4 is 11.6 Å². The lowest BCUT2D eigenvalue weighted by atomic mass is 10.1. The van der Waals surface area contributed by atoms with E-state index in [9.17, 15) is 4.79 Å². The van der Waals surface area contributed by atoms with Crippen LogP contribution in [-0.4, -0.2) is 41.0 Å². The van der Waals surface area contributed by atoms with E-state index in [0.717, 1.165) is 17.8 Å². The molecule has 128 valence electrons. The number of amides is 1. The second-order valence-corrected chi connectivity index (χ2v) is 6.31. The predicted octanol–water partition coefficient (Wildman–Crippen LogP) is 2.80. The van der Waals surface area contributed by atoms with Crippen molar-refractivity contribution in [1.29, 1.82) is 0 Å². The fourth-order valence-electron chi connectivity index (χ4n) is 2.84. The van der Waals surface area contributed by atoms with Crippen LogP contribution in [0.4, 0.5) is 5.69 Å². The monoisotopic (exact) mass is 326 g/mol. The van der Waals surface area contributed by atoms with Crippen LogP contribution in [-0.2, 0) is 17.9 Å². The summed E-state index contributed by atoms with van der Waals surface area (Å²) in [5.41, 5.74) is 2.26. The van der Waals surface area contributed by atoms with Gasteiger partial charge < -0.3 is 14.4 Å². The minimum atomic E-state index is -0.0407. The average Bonchev–Trinajstić information content (AvgIpc) is 3.06. The Hall–Kier alpha value is -2.56. The van der Waals surface area contributed by atoms with Crippen molar-refractivity contribution in [1.82, 2.24) is 14.5 Å². The molecule has 2 rings (SSSR count). The summed E-state index contributed by atoms with van der Waals surface area (Å²) < 4.78 is 2.04. The quantitative estimate of drug-likeness (QED) is 0.701. The minimum Gasteiger partial charge on any atom is -0.377 e. The maximum atomic E-state index is 12.3. The Kier molecular flexibility index (Phi) is 6.18. The van der Waals surface area contributed by atoms with Crippen LogP contribution < -0.4 is 4.90 Å². The van der Waals surface area contributed by atoms with Gasteiger partial charge in [0.1, 0.15) is 0 Å². The first-order chi connectivity index (χ1) is 11.5. The first-order valence-electron chi connectivity index (χ1n) is 8.13. The molecule has 2 aromatic rings. The van der Waals surface area contributed by atoms with Crippen LogP contribution in [0.3, 0.4) is 0 Å². The van der Waals surface area contributed by atoms with Gasteiger partial charge in [0, 0.05) is 51.8 Å². The summed E-state index contributed by atoms with van der Waals surface area (Å²) in [6.07, 6.45) is 6.91. The summed E-state index contributed by atoms with van der Waals surface area (Å²) in [6.45, 7) is 7.86. The van der Waals surface area contributed by atoms with E-state index >= 15 is 0 Å². The molecule has 24 heavy (non-hydrogen) atoms. The summed E-state index contributed by atoms with van der Waals surface area (Å²) in [5.74, 6) is 0.274. The molecule has 0 saturated carbocycles. The van der Waals surface area contributed by atoms with Crippen molar-refractivity contribution in [3.8, 4) is 0 Å². The Bertz CT molecular complexity index is 664. The molecule has 0 saturated heterocycles. The van der Waals surface area contributed by atoms with E-state index in [2.05, 4.69) is 35.5 Å². The first kappa shape index (κ1) is 17.8. The summed E-state index contributed by atoms with van der Waals surface area (Å²) in [4.78, 5) is 20.3. The highest BCUT2D eigenvalue weighted by atomic mass is 16.2. The SMILES string of the molecule is C=CC(=O)N(Cc1ccccc1N(C)C)CC(C)Cn1ccnc1. The fraction of sp³-hybridized carbons (Fsp3) is 0.368. The molecule has 5 nitrogen and oxygen atoms in total. The smallest absolute Gasteiger partial charge is 0.246 e. The van der Waals surface area contributed by atoms with E-state index in [1.807, 2.05) is 41.9 Å². The van der Waals surface area contributed by atoms with Crippen LogP contribution in [0.25, 0.3) is 0 Å². The minimum absolute atomic E-state index is 0.0407. The summed E-state index contributed by atoms with van der Waals surface area (Å²) in [5, 5.41) is 0. The van der Waals surface area contributed by atoms with Crippen LogP contribution in [0, 0.1) is 5.92 Å². The number of nitrogens with zero attached hydrogens (tertiary/aromatic N) is 4. The van der Waals surface area contributed by atoms with Gasteiger partial charge in [-0.3, -0.25) is 4.79 Å². The number of hydrogen-bond acceptors (Lipinski definition) is 3. The van der Waals surface area contributed by atoms with E-state index in [1.54, 1.807) is 12.5 Å². The number of carbonyl (C=O) groups excluding carboxylic acids is 1. The van der Waals surface area contributed by atoms with Gasteiger partial charge in [0.25, 0.3) is 0 Å². The van der Waals surface area contributed by atoms with Crippen molar-refractivity contribution in [2.45, 2.75) is 20.0 Å². The maximum Gasteiger partial charge on any atom is 0.246 e. The van der Waals surface area contributed by atoms with Crippen LogP contribution in [0.2, 0.25) is 0 Å². The number of rotatable bonds is 8. The predicted molar refractivity (Wildman–Crippen MR) is 97.8 cm³/mol. The lowest BCUT2D eigenvalue weighted by molar-refractivity contribution is -0.127. The molecule has 1 heterocycles. The highest BCUT2D eigenvalue weighted by Crippen LogP contribution is 2.20. The molecule has 0 aliphatic heterocycles. The molecule has 0 N–H and O–H groups in total. The van der Waals surface area contributed by atoms with Gasteiger partial charge in [0.2, 0.25) is 5.91 Å². The second kappa shape index (κ2) is 8.34. The molecule has 0 aliphatic rings. The van der Waals surface area contributed by atoms with Crippen LogP contribution in [0.1, 0.15) is 12.5 Å². The number of hydrogen-bond donors (Lipinski definition) is 0. The number of imidazole rings is 1. The molecule has 0 fully saturated rings. The molecule has 0 radical (unpaired) electrons. The fourth-order valence-corrected chi connectivity index (χ4v) is 2.84. The molecule has 1 unspecified atom stereocenters. The maximum absolute atomic E-state index is 12.3. The van der Waals surface area contributed by atoms with Crippen LogP contribution in [0.5, 0.6) is 0 Å². The Morgan fingerprint density at radius 1 is 1.38 bits per heavy atom. The van der Waals surface area contributed by atoms with Gasteiger partial charge in [-0.2, -0.15) is 0 Å². The van der Waals surface area contributed by atoms with E-state index in [0.29, 0.717) is 19.0 Å². The number of anilines is 1. The normalized spacial score (nSPS) is 11.8. The Morgan fingerprint density at radius 2 is 2.12 bits per heavy atom. The van der Waals surface area contributed by atoms with Crippen molar-refractivity contribution in [2.75, 3.05) is 25.5 Å². The third-order valence-electron chi connectivity index (χ3n) is 3.93. The van der Waals surface area contributed by atoms with Crippen LogP contribution in [0.15, 0.2) is 55.6 Å². The standard InChI is InChI=1S/C19H26N4O/c1-5-19(24)23(13-16(2)12-22-11-10-20-15-22)14-17-8-6-7-9-18(17)21(3)4/h5-11,15-16H,1,12-14H2,2-4H3. The third kappa shape index (κ3) is 4.72. The molecule has 0 aliphatic carbocycles. The molecule has 5 heteroatoms. The molecular formula is C19H26N4O. The van der Waals surface area contributed by atoms with Gasteiger partial charge in [-0.05, 0) is 23.6 Å². The van der Waals surface area contributed by atoms with Crippen molar-refractivity contribution in [3.63, 3.8) is 0 Å². The second-order valence-electron chi connectivity index (χ2n) is 6.31. The largest absolute Gasteiger partial charge is 0.377 e. The lowest BCUT2D eigenvalue weighted by Crippen LogP contribution is -2.34. The number of carbonyl (C=O) groups is 1. The number of aromatic nitrogens is 2. The zero-order valence-electron chi connectivity index (χ0n) is 14.7. The number of benzene rings is 1. The van der Waals surface area contributed by atoms with E-state index in [4.69, 9.17) is 0 Å². The molecule has 1 amide bonds. The molecule has 0 spiro atoms. The van der Waals surface area contributed by atoms with Gasteiger partial charge >= 0.3 is 0 Å². The van der Waals surface area contributed by atoms with Gasteiger partial charge in [0.05, 0.1) is 6.33 Å². The van der Waals surface area contributed by atoms with E-state index in [1.165, 1.54) is 6.08 Å². The van der Waals surface area contributed by atoms with Crippen LogP contribution >= 0.6 is 0 Å². The molecule has 1 aromatic carbocycles. The summed E-state index contributed by atoms with van der Waals surface area (Å²) >= 11 is 0. The Balaban J connectivity index is 2.11. The van der Waals surface area contributed by atoms with Gasteiger partial charge in [0.15, 0.2) is 0 Å². The van der Waals surface area contributed by atoms with E-state index < -0.39 is 0 Å². The zero-order chi connectivity index (χ0) is 17.5. The molecule has 1 aromatic heterocycles.